The molecule has 2 saturated heterocycles. The van der Waals surface area contributed by atoms with Crippen molar-refractivity contribution < 1.29 is 41.0 Å². The van der Waals surface area contributed by atoms with E-state index < -0.39 is 22.4 Å². The van der Waals surface area contributed by atoms with Gasteiger partial charge in [0.2, 0.25) is 0 Å². The topological polar surface area (TPSA) is 122 Å². The maximum atomic E-state index is 13.4. The van der Waals surface area contributed by atoms with Crippen LogP contribution in [-0.2, 0) is 26.3 Å². The highest BCUT2D eigenvalue weighted by Gasteiger charge is 2.39. The summed E-state index contributed by atoms with van der Waals surface area (Å²) in [5, 5.41) is 7.12. The summed E-state index contributed by atoms with van der Waals surface area (Å²) in [6.07, 6.45) is -4.20. The van der Waals surface area contributed by atoms with E-state index in [1.807, 2.05) is 42.5 Å². The standard InChI is InChI=1S/C23H31N3O4S.C2HF3O2/c24-15-19-5-4-8-23(14-19)30-18-20-13-22(21-6-2-1-3-7-21)17-26(16-20)31(27,28)25-9-11-29-12-10-25;3-2(4,5)1(6)7/h1-8,14,20,22H,9-13,15-18,24H2;(H,6,7). The fourth-order valence-electron chi connectivity index (χ4n) is 4.35. The molecule has 210 valence electrons. The van der Waals surface area contributed by atoms with Crippen LogP contribution in [0.3, 0.4) is 0 Å². The first-order valence-electron chi connectivity index (χ1n) is 12.1. The Morgan fingerprint density at radius 2 is 1.71 bits per heavy atom. The van der Waals surface area contributed by atoms with Crippen molar-refractivity contribution >= 4 is 16.2 Å². The first-order chi connectivity index (χ1) is 18.0. The van der Waals surface area contributed by atoms with Crippen molar-refractivity contribution in [2.45, 2.75) is 25.1 Å². The van der Waals surface area contributed by atoms with E-state index in [2.05, 4.69) is 12.1 Å². The van der Waals surface area contributed by atoms with Crippen LogP contribution in [0.2, 0.25) is 0 Å². The van der Waals surface area contributed by atoms with Crippen LogP contribution in [0, 0.1) is 5.92 Å². The molecule has 3 N–H and O–H groups in total. The number of carboxylic acid groups (broad SMARTS) is 1. The number of ether oxygens (including phenoxy) is 2. The second-order valence-electron chi connectivity index (χ2n) is 9.01. The Labute approximate surface area is 220 Å². The highest BCUT2D eigenvalue weighted by Crippen LogP contribution is 2.33. The summed E-state index contributed by atoms with van der Waals surface area (Å²) in [6, 6.07) is 17.9. The van der Waals surface area contributed by atoms with Gasteiger partial charge < -0.3 is 20.3 Å². The summed E-state index contributed by atoms with van der Waals surface area (Å²) in [6.45, 7) is 3.57. The van der Waals surface area contributed by atoms with E-state index in [-0.39, 0.29) is 11.8 Å². The summed E-state index contributed by atoms with van der Waals surface area (Å²) in [7, 11) is -3.54. The zero-order chi connectivity index (χ0) is 27.8. The molecule has 0 bridgehead atoms. The van der Waals surface area contributed by atoms with Gasteiger partial charge in [0, 0.05) is 38.6 Å². The summed E-state index contributed by atoms with van der Waals surface area (Å²) in [5.41, 5.74) is 7.91. The second-order valence-corrected chi connectivity index (χ2v) is 10.9. The minimum atomic E-state index is -5.08. The molecule has 0 aliphatic carbocycles. The van der Waals surface area contributed by atoms with Crippen molar-refractivity contribution in [1.29, 1.82) is 0 Å². The van der Waals surface area contributed by atoms with Crippen LogP contribution in [0.1, 0.15) is 23.5 Å². The molecular weight excluding hydrogens is 527 g/mol. The normalized spacial score (nSPS) is 21.3. The number of carbonyl (C=O) groups is 1. The van der Waals surface area contributed by atoms with Crippen molar-refractivity contribution in [2.24, 2.45) is 11.7 Å². The summed E-state index contributed by atoms with van der Waals surface area (Å²) >= 11 is 0. The molecule has 0 radical (unpaired) electrons. The lowest BCUT2D eigenvalue weighted by molar-refractivity contribution is -0.192. The fraction of sp³-hybridized carbons (Fsp3) is 0.480. The highest BCUT2D eigenvalue weighted by atomic mass is 32.2. The summed E-state index contributed by atoms with van der Waals surface area (Å²) < 4.78 is 73.1. The van der Waals surface area contributed by atoms with Crippen molar-refractivity contribution in [3.05, 3.63) is 65.7 Å². The molecule has 38 heavy (non-hydrogen) atoms. The van der Waals surface area contributed by atoms with Gasteiger partial charge in [-0.15, -0.1) is 0 Å². The molecule has 2 atom stereocenters. The average Bonchev–Trinajstić information content (AvgIpc) is 2.92. The molecule has 13 heteroatoms. The number of halogens is 3. The number of hydrogen-bond acceptors (Lipinski definition) is 6. The Morgan fingerprint density at radius 1 is 1.05 bits per heavy atom. The van der Waals surface area contributed by atoms with Crippen LogP contribution in [0.15, 0.2) is 54.6 Å². The monoisotopic (exact) mass is 559 g/mol. The lowest BCUT2D eigenvalue weighted by Gasteiger charge is -2.40. The van der Waals surface area contributed by atoms with Gasteiger partial charge in [-0.1, -0.05) is 42.5 Å². The molecule has 2 aromatic rings. The Kier molecular flexibility index (Phi) is 10.5. The first kappa shape index (κ1) is 29.8. The van der Waals surface area contributed by atoms with Crippen LogP contribution in [0.25, 0.3) is 0 Å². The molecule has 0 amide bonds. The quantitative estimate of drug-likeness (QED) is 0.535. The fourth-order valence-corrected chi connectivity index (χ4v) is 6.06. The van der Waals surface area contributed by atoms with E-state index in [4.69, 9.17) is 25.1 Å². The van der Waals surface area contributed by atoms with Gasteiger partial charge in [-0.05, 0) is 35.6 Å². The molecule has 0 spiro atoms. The Hall–Kier alpha value is -2.71. The number of morpholine rings is 1. The van der Waals surface area contributed by atoms with E-state index in [1.165, 1.54) is 5.56 Å². The van der Waals surface area contributed by atoms with Gasteiger partial charge in [-0.2, -0.15) is 30.2 Å². The van der Waals surface area contributed by atoms with E-state index in [9.17, 15) is 21.6 Å². The number of carboxylic acids is 1. The van der Waals surface area contributed by atoms with Crippen molar-refractivity contribution in [2.75, 3.05) is 46.0 Å². The van der Waals surface area contributed by atoms with E-state index in [0.29, 0.717) is 52.5 Å². The van der Waals surface area contributed by atoms with Gasteiger partial charge in [0.1, 0.15) is 5.75 Å². The maximum Gasteiger partial charge on any atom is 0.490 e. The number of piperidine rings is 1. The van der Waals surface area contributed by atoms with Crippen molar-refractivity contribution in [3.8, 4) is 5.75 Å². The predicted octanol–water partition coefficient (Wildman–Crippen LogP) is 2.84. The van der Waals surface area contributed by atoms with Crippen LogP contribution < -0.4 is 10.5 Å². The molecule has 2 heterocycles. The SMILES string of the molecule is NCc1cccc(OCC2CC(c3ccccc3)CN(S(=O)(=O)N3CCOCC3)C2)c1.O=C(O)C(F)(F)F. The number of rotatable bonds is 7. The summed E-state index contributed by atoms with van der Waals surface area (Å²) in [4.78, 5) is 8.90. The van der Waals surface area contributed by atoms with Gasteiger partial charge >= 0.3 is 12.1 Å². The van der Waals surface area contributed by atoms with Gasteiger partial charge in [-0.25, -0.2) is 4.79 Å². The minimum absolute atomic E-state index is 0.0938. The van der Waals surface area contributed by atoms with Gasteiger partial charge in [-0.3, -0.25) is 0 Å². The lowest BCUT2D eigenvalue weighted by atomic mass is 9.86. The number of hydrogen-bond donors (Lipinski definition) is 2. The number of nitrogens with two attached hydrogens (primary N) is 1. The number of benzene rings is 2. The Balaban J connectivity index is 0.000000505. The van der Waals surface area contributed by atoms with Gasteiger partial charge in [0.25, 0.3) is 10.2 Å². The summed E-state index contributed by atoms with van der Waals surface area (Å²) in [5.74, 6) is -1.76. The number of nitrogens with zero attached hydrogens (tertiary/aromatic N) is 2. The molecule has 2 aromatic carbocycles. The third-order valence-electron chi connectivity index (χ3n) is 6.26. The predicted molar refractivity (Wildman–Crippen MR) is 134 cm³/mol. The third-order valence-corrected chi connectivity index (χ3v) is 8.23. The smallest absolute Gasteiger partial charge is 0.490 e. The molecule has 0 aromatic heterocycles. The Bertz CT molecular complexity index is 1140. The molecule has 4 rings (SSSR count). The molecule has 9 nitrogen and oxygen atoms in total. The number of aliphatic carboxylic acids is 1. The van der Waals surface area contributed by atoms with Crippen LogP contribution in [0.4, 0.5) is 13.2 Å². The highest BCUT2D eigenvalue weighted by molar-refractivity contribution is 7.86. The van der Waals surface area contributed by atoms with Crippen molar-refractivity contribution in [1.82, 2.24) is 8.61 Å². The average molecular weight is 560 g/mol. The van der Waals surface area contributed by atoms with Crippen LogP contribution in [0.5, 0.6) is 5.75 Å². The zero-order valence-corrected chi connectivity index (χ0v) is 21.5. The Morgan fingerprint density at radius 3 is 2.32 bits per heavy atom. The number of alkyl halides is 3. The van der Waals surface area contributed by atoms with Crippen molar-refractivity contribution in [3.63, 3.8) is 0 Å². The van der Waals surface area contributed by atoms with E-state index in [1.54, 1.807) is 8.61 Å². The molecule has 2 aliphatic heterocycles. The van der Waals surface area contributed by atoms with Gasteiger partial charge in [0.15, 0.2) is 0 Å². The first-order valence-corrected chi connectivity index (χ1v) is 13.5. The molecule has 0 saturated carbocycles. The molecular formula is C25H32F3N3O6S. The molecule has 2 aliphatic rings. The largest absolute Gasteiger partial charge is 0.493 e. The maximum absolute atomic E-state index is 13.4. The van der Waals surface area contributed by atoms with Crippen LogP contribution in [-0.4, -0.2) is 80.3 Å². The van der Waals surface area contributed by atoms with E-state index in [0.717, 1.165) is 17.7 Å². The zero-order valence-electron chi connectivity index (χ0n) is 20.7. The van der Waals surface area contributed by atoms with E-state index >= 15 is 0 Å². The second kappa shape index (κ2) is 13.4. The minimum Gasteiger partial charge on any atom is -0.493 e. The lowest BCUT2D eigenvalue weighted by Crippen LogP contribution is -2.53. The molecule has 2 unspecified atom stereocenters. The van der Waals surface area contributed by atoms with Gasteiger partial charge in [0.05, 0.1) is 19.8 Å². The third kappa shape index (κ3) is 8.40. The van der Waals surface area contributed by atoms with Crippen LogP contribution >= 0.6 is 0 Å². The molecule has 2 fully saturated rings.